The van der Waals surface area contributed by atoms with Crippen LogP contribution in [0.4, 0.5) is 23.2 Å². The zero-order valence-electron chi connectivity index (χ0n) is 12.1. The van der Waals surface area contributed by atoms with E-state index in [9.17, 15) is 17.6 Å². The van der Waals surface area contributed by atoms with Crippen molar-refractivity contribution >= 4 is 16.7 Å². The minimum atomic E-state index is -3.10. The highest BCUT2D eigenvalue weighted by Crippen LogP contribution is 2.35. The molecule has 0 unspecified atom stereocenters. The third-order valence-electron chi connectivity index (χ3n) is 3.66. The van der Waals surface area contributed by atoms with Crippen LogP contribution in [-0.4, -0.2) is 9.97 Å². The summed E-state index contributed by atoms with van der Waals surface area (Å²) >= 11 is 0. The van der Waals surface area contributed by atoms with Gasteiger partial charge >= 0.3 is 0 Å². The summed E-state index contributed by atoms with van der Waals surface area (Å²) < 4.78 is 55.4. The van der Waals surface area contributed by atoms with E-state index >= 15 is 0 Å². The number of hydrogen-bond acceptors (Lipinski definition) is 2. The molecular weight excluding hydrogens is 310 g/mol. The fourth-order valence-corrected chi connectivity index (χ4v) is 2.60. The van der Waals surface area contributed by atoms with Crippen molar-refractivity contribution in [3.05, 3.63) is 58.9 Å². The molecule has 0 radical (unpaired) electrons. The first-order chi connectivity index (χ1) is 10.8. The van der Waals surface area contributed by atoms with Crippen molar-refractivity contribution in [2.45, 2.75) is 19.3 Å². The monoisotopic (exact) mass is 323 g/mol. The van der Waals surface area contributed by atoms with Gasteiger partial charge in [-0.25, -0.2) is 22.5 Å². The van der Waals surface area contributed by atoms with Gasteiger partial charge in [0.2, 0.25) is 0 Å². The van der Waals surface area contributed by atoms with Crippen LogP contribution in [-0.2, 0) is 12.3 Å². The van der Waals surface area contributed by atoms with Crippen LogP contribution in [0.25, 0.3) is 11.0 Å². The summed E-state index contributed by atoms with van der Waals surface area (Å²) in [4.78, 5) is 6.64. The number of nitrogen functional groups attached to an aromatic ring is 1. The number of pyridine rings is 1. The van der Waals surface area contributed by atoms with Crippen LogP contribution in [0.15, 0.2) is 30.6 Å². The molecule has 0 aliphatic heterocycles. The maximum absolute atomic E-state index is 14.0. The Balaban J connectivity index is 2.16. The molecule has 0 saturated heterocycles. The normalized spacial score (nSPS) is 12.0. The molecule has 0 amide bonds. The third kappa shape index (κ3) is 2.74. The highest BCUT2D eigenvalue weighted by Gasteiger charge is 2.29. The minimum absolute atomic E-state index is 0.0361. The average Bonchev–Trinajstić information content (AvgIpc) is 2.87. The average molecular weight is 323 g/mol. The fraction of sp³-hybridized carbons (Fsp3) is 0.188. The van der Waals surface area contributed by atoms with Gasteiger partial charge in [0, 0.05) is 47.9 Å². The quantitative estimate of drug-likeness (QED) is 0.562. The van der Waals surface area contributed by atoms with Gasteiger partial charge in [0.05, 0.1) is 0 Å². The number of aromatic amines is 1. The molecule has 0 spiro atoms. The molecule has 0 aliphatic rings. The van der Waals surface area contributed by atoms with Gasteiger partial charge in [0.25, 0.3) is 5.92 Å². The first kappa shape index (κ1) is 15.3. The van der Waals surface area contributed by atoms with Gasteiger partial charge in [-0.1, -0.05) is 0 Å². The summed E-state index contributed by atoms with van der Waals surface area (Å²) in [6.07, 6.45) is 2.38. The standard InChI is InChI=1S/C16H13F4N3/c1-16(19,20)11-7-23-15-14(11)8(2-3-22-15)4-10-12(17)5-9(21)6-13(10)18/h2-3,5-7H,4,21H2,1H3,(H,22,23). The molecule has 3 N–H and O–H groups in total. The fourth-order valence-electron chi connectivity index (χ4n) is 2.60. The van der Waals surface area contributed by atoms with Gasteiger partial charge in [-0.05, 0) is 23.8 Å². The molecule has 23 heavy (non-hydrogen) atoms. The van der Waals surface area contributed by atoms with E-state index in [1.807, 2.05) is 0 Å². The Morgan fingerprint density at radius 1 is 1.22 bits per heavy atom. The second-order valence-corrected chi connectivity index (χ2v) is 5.42. The lowest BCUT2D eigenvalue weighted by molar-refractivity contribution is 0.0190. The van der Waals surface area contributed by atoms with Crippen molar-refractivity contribution in [1.29, 1.82) is 0 Å². The smallest absolute Gasteiger partial charge is 0.272 e. The summed E-state index contributed by atoms with van der Waals surface area (Å²) in [6, 6.07) is 3.48. The van der Waals surface area contributed by atoms with Gasteiger partial charge in [-0.2, -0.15) is 0 Å². The molecule has 3 aromatic rings. The first-order valence-corrected chi connectivity index (χ1v) is 6.84. The SMILES string of the molecule is CC(F)(F)c1c[nH]c2nccc(Cc3c(F)cc(N)cc3F)c12. The van der Waals surface area contributed by atoms with Crippen LogP contribution in [0.2, 0.25) is 0 Å². The van der Waals surface area contributed by atoms with Crippen LogP contribution >= 0.6 is 0 Å². The molecule has 0 atom stereocenters. The lowest BCUT2D eigenvalue weighted by atomic mass is 9.98. The van der Waals surface area contributed by atoms with Crippen LogP contribution < -0.4 is 5.73 Å². The molecule has 0 aliphatic carbocycles. The van der Waals surface area contributed by atoms with Gasteiger partial charge in [-0.3, -0.25) is 0 Å². The van der Waals surface area contributed by atoms with Crippen molar-refractivity contribution in [1.82, 2.24) is 9.97 Å². The van der Waals surface area contributed by atoms with Crippen molar-refractivity contribution in [3.63, 3.8) is 0 Å². The second-order valence-electron chi connectivity index (χ2n) is 5.42. The van der Waals surface area contributed by atoms with Crippen molar-refractivity contribution in [2.24, 2.45) is 0 Å². The van der Waals surface area contributed by atoms with E-state index in [1.165, 1.54) is 12.3 Å². The van der Waals surface area contributed by atoms with Crippen molar-refractivity contribution < 1.29 is 17.6 Å². The number of nitrogens with zero attached hydrogens (tertiary/aromatic N) is 1. The van der Waals surface area contributed by atoms with Gasteiger partial charge in [0.15, 0.2) is 0 Å². The van der Waals surface area contributed by atoms with Crippen LogP contribution in [0.5, 0.6) is 0 Å². The Hall–Kier alpha value is -2.57. The predicted molar refractivity (Wildman–Crippen MR) is 79.2 cm³/mol. The predicted octanol–water partition coefficient (Wildman–Crippen LogP) is 4.13. The minimum Gasteiger partial charge on any atom is -0.399 e. The lowest BCUT2D eigenvalue weighted by Gasteiger charge is -2.12. The summed E-state index contributed by atoms with van der Waals surface area (Å²) in [7, 11) is 0. The number of rotatable bonds is 3. The molecular formula is C16H13F4N3. The van der Waals surface area contributed by atoms with Crippen LogP contribution in [0.1, 0.15) is 23.6 Å². The van der Waals surface area contributed by atoms with Gasteiger partial charge in [-0.15, -0.1) is 0 Å². The van der Waals surface area contributed by atoms with Crippen molar-refractivity contribution in [2.75, 3.05) is 5.73 Å². The Kier molecular flexibility index (Phi) is 3.50. The van der Waals surface area contributed by atoms with Crippen molar-refractivity contribution in [3.8, 4) is 0 Å². The van der Waals surface area contributed by atoms with E-state index in [-0.39, 0.29) is 34.3 Å². The van der Waals surface area contributed by atoms with Gasteiger partial charge < -0.3 is 10.7 Å². The zero-order valence-corrected chi connectivity index (χ0v) is 12.1. The number of benzene rings is 1. The Morgan fingerprint density at radius 3 is 2.48 bits per heavy atom. The third-order valence-corrected chi connectivity index (χ3v) is 3.66. The second kappa shape index (κ2) is 5.26. The first-order valence-electron chi connectivity index (χ1n) is 6.84. The highest BCUT2D eigenvalue weighted by atomic mass is 19.3. The molecule has 3 rings (SSSR count). The number of aromatic nitrogens is 2. The van der Waals surface area contributed by atoms with E-state index in [0.717, 1.165) is 25.3 Å². The molecule has 2 aromatic heterocycles. The topological polar surface area (TPSA) is 54.7 Å². The molecule has 120 valence electrons. The number of hydrogen-bond donors (Lipinski definition) is 2. The van der Waals surface area contributed by atoms with E-state index in [0.29, 0.717) is 5.56 Å². The summed E-state index contributed by atoms with van der Waals surface area (Å²) in [5.41, 5.74) is 5.47. The zero-order chi connectivity index (χ0) is 16.8. The Morgan fingerprint density at radius 2 is 1.87 bits per heavy atom. The van der Waals surface area contributed by atoms with Crippen LogP contribution in [0.3, 0.4) is 0 Å². The summed E-state index contributed by atoms with van der Waals surface area (Å²) in [6.45, 7) is 0.761. The Labute approximate surface area is 129 Å². The van der Waals surface area contributed by atoms with E-state index < -0.39 is 17.6 Å². The Bertz CT molecular complexity index is 858. The molecule has 0 bridgehead atoms. The number of nitrogens with two attached hydrogens (primary N) is 1. The maximum atomic E-state index is 14.0. The van der Waals surface area contributed by atoms with E-state index in [2.05, 4.69) is 9.97 Å². The summed E-state index contributed by atoms with van der Waals surface area (Å²) in [5.74, 6) is -4.73. The number of fused-ring (bicyclic) bond motifs is 1. The van der Waals surface area contributed by atoms with Crippen LogP contribution in [0, 0.1) is 11.6 Å². The molecule has 1 aromatic carbocycles. The number of nitrogens with one attached hydrogen (secondary N) is 1. The van der Waals surface area contributed by atoms with Gasteiger partial charge in [0.1, 0.15) is 17.3 Å². The number of H-pyrrole nitrogens is 1. The molecule has 0 saturated carbocycles. The van der Waals surface area contributed by atoms with E-state index in [1.54, 1.807) is 0 Å². The molecule has 2 heterocycles. The summed E-state index contributed by atoms with van der Waals surface area (Å²) in [5, 5.41) is 0.177. The lowest BCUT2D eigenvalue weighted by Crippen LogP contribution is -2.07. The largest absolute Gasteiger partial charge is 0.399 e. The highest BCUT2D eigenvalue weighted by molar-refractivity contribution is 5.84. The molecule has 0 fully saturated rings. The van der Waals surface area contributed by atoms with E-state index in [4.69, 9.17) is 5.73 Å². The number of halogens is 4. The number of anilines is 1. The molecule has 7 heteroatoms. The molecule has 3 nitrogen and oxygen atoms in total. The maximum Gasteiger partial charge on any atom is 0.272 e. The number of alkyl halides is 2.